The fraction of sp³-hybridized carbons (Fsp3) is 0.846. The summed E-state index contributed by atoms with van der Waals surface area (Å²) < 4.78 is 11.0. The molecule has 0 aliphatic heterocycles. The summed E-state index contributed by atoms with van der Waals surface area (Å²) in [6, 6.07) is 0. The van der Waals surface area contributed by atoms with Crippen LogP contribution in [0.4, 0.5) is 0 Å². The number of allylic oxidation sites excluding steroid dienone is 1. The Kier molecular flexibility index (Phi) is 4.81. The maximum Gasteiger partial charge on any atom is 0.0834 e. The third-order valence-corrected chi connectivity index (χ3v) is 2.77. The van der Waals surface area contributed by atoms with Crippen molar-refractivity contribution < 1.29 is 9.47 Å². The van der Waals surface area contributed by atoms with Gasteiger partial charge in [0.2, 0.25) is 0 Å². The molecule has 15 heavy (non-hydrogen) atoms. The Morgan fingerprint density at radius 2 is 2.07 bits per heavy atom. The summed E-state index contributed by atoms with van der Waals surface area (Å²) in [5.41, 5.74) is 1.67. The Bertz CT molecular complexity index is 213. The Morgan fingerprint density at radius 3 is 2.53 bits per heavy atom. The molecule has 2 nitrogen and oxygen atoms in total. The molecule has 1 rings (SSSR count). The molecule has 0 saturated carbocycles. The zero-order chi connectivity index (χ0) is 11.3. The molecule has 88 valence electrons. The lowest BCUT2D eigenvalue weighted by Gasteiger charge is -2.32. The Balaban J connectivity index is 2.53. The minimum atomic E-state index is 0.184. The smallest absolute Gasteiger partial charge is 0.0834 e. The highest BCUT2D eigenvalue weighted by atomic mass is 16.5. The maximum atomic E-state index is 5.94. The Labute approximate surface area is 93.7 Å². The number of hydrogen-bond acceptors (Lipinski definition) is 2. The molecular weight excluding hydrogens is 188 g/mol. The normalized spacial score (nSPS) is 19.1. The van der Waals surface area contributed by atoms with Crippen molar-refractivity contribution >= 4 is 0 Å². The molecule has 2 heteroatoms. The van der Waals surface area contributed by atoms with Gasteiger partial charge in [-0.15, -0.1) is 0 Å². The standard InChI is InChI=1S/C13H24O2/c1-13(2,3)12(15-10-9-14-4)11-7-5-6-8-11/h7,12H,5-6,8-10H2,1-4H3/t12-/m0/s1. The molecule has 0 fully saturated rings. The largest absolute Gasteiger partial charge is 0.382 e. The first-order valence-electron chi connectivity index (χ1n) is 5.85. The van der Waals surface area contributed by atoms with Gasteiger partial charge in [-0.25, -0.2) is 0 Å². The van der Waals surface area contributed by atoms with Crippen LogP contribution in [0.15, 0.2) is 11.6 Å². The van der Waals surface area contributed by atoms with Gasteiger partial charge in [0.1, 0.15) is 0 Å². The molecule has 0 spiro atoms. The predicted molar refractivity (Wildman–Crippen MR) is 63.0 cm³/mol. The van der Waals surface area contributed by atoms with Crippen LogP contribution in [-0.2, 0) is 9.47 Å². The molecule has 0 aromatic carbocycles. The number of rotatable bonds is 5. The number of methoxy groups -OCH3 is 1. The molecule has 0 aromatic heterocycles. The minimum Gasteiger partial charge on any atom is -0.382 e. The average molecular weight is 212 g/mol. The van der Waals surface area contributed by atoms with E-state index in [1.165, 1.54) is 24.8 Å². The third kappa shape index (κ3) is 3.96. The molecule has 1 aliphatic rings. The quantitative estimate of drug-likeness (QED) is 0.515. The van der Waals surface area contributed by atoms with Crippen LogP contribution in [0.1, 0.15) is 40.0 Å². The molecule has 0 unspecified atom stereocenters. The van der Waals surface area contributed by atoms with Gasteiger partial charge in [0.15, 0.2) is 0 Å². The van der Waals surface area contributed by atoms with Gasteiger partial charge in [0.25, 0.3) is 0 Å². The number of hydrogen-bond donors (Lipinski definition) is 0. The van der Waals surface area contributed by atoms with Gasteiger partial charge in [0.05, 0.1) is 19.3 Å². The fourth-order valence-electron chi connectivity index (χ4n) is 2.10. The van der Waals surface area contributed by atoms with Gasteiger partial charge in [-0.1, -0.05) is 26.8 Å². The van der Waals surface area contributed by atoms with Crippen LogP contribution in [0.2, 0.25) is 0 Å². The summed E-state index contributed by atoms with van der Waals surface area (Å²) in [7, 11) is 1.71. The van der Waals surface area contributed by atoms with E-state index in [0.29, 0.717) is 13.2 Å². The van der Waals surface area contributed by atoms with Crippen LogP contribution < -0.4 is 0 Å². The first-order chi connectivity index (χ1) is 7.05. The summed E-state index contributed by atoms with van der Waals surface area (Å²) in [5.74, 6) is 0. The van der Waals surface area contributed by atoms with Crippen molar-refractivity contribution in [3.63, 3.8) is 0 Å². The van der Waals surface area contributed by atoms with Crippen LogP contribution >= 0.6 is 0 Å². The first-order valence-corrected chi connectivity index (χ1v) is 5.85. The lowest BCUT2D eigenvalue weighted by Crippen LogP contribution is -2.32. The van der Waals surface area contributed by atoms with Crippen molar-refractivity contribution in [3.05, 3.63) is 11.6 Å². The van der Waals surface area contributed by atoms with Crippen molar-refractivity contribution in [1.29, 1.82) is 0 Å². The highest BCUT2D eigenvalue weighted by molar-refractivity contribution is 5.15. The molecule has 0 amide bonds. The van der Waals surface area contributed by atoms with Crippen molar-refractivity contribution in [2.45, 2.75) is 46.1 Å². The lowest BCUT2D eigenvalue weighted by molar-refractivity contribution is -0.0172. The molecule has 0 radical (unpaired) electrons. The van der Waals surface area contributed by atoms with E-state index in [-0.39, 0.29) is 11.5 Å². The summed E-state index contributed by atoms with van der Waals surface area (Å²) in [5, 5.41) is 0. The molecule has 0 aromatic rings. The van der Waals surface area contributed by atoms with E-state index in [2.05, 4.69) is 26.8 Å². The van der Waals surface area contributed by atoms with E-state index in [1.807, 2.05) is 0 Å². The highest BCUT2D eigenvalue weighted by Crippen LogP contribution is 2.33. The molecule has 1 atom stereocenters. The van der Waals surface area contributed by atoms with E-state index in [9.17, 15) is 0 Å². The van der Waals surface area contributed by atoms with Gasteiger partial charge >= 0.3 is 0 Å². The highest BCUT2D eigenvalue weighted by Gasteiger charge is 2.29. The van der Waals surface area contributed by atoms with Crippen LogP contribution in [0.3, 0.4) is 0 Å². The van der Waals surface area contributed by atoms with Crippen LogP contribution in [0.5, 0.6) is 0 Å². The first kappa shape index (κ1) is 12.7. The van der Waals surface area contributed by atoms with Gasteiger partial charge in [0, 0.05) is 7.11 Å². The minimum absolute atomic E-state index is 0.184. The van der Waals surface area contributed by atoms with E-state index in [1.54, 1.807) is 7.11 Å². The van der Waals surface area contributed by atoms with Crippen molar-refractivity contribution in [2.24, 2.45) is 5.41 Å². The van der Waals surface area contributed by atoms with Crippen molar-refractivity contribution in [3.8, 4) is 0 Å². The van der Waals surface area contributed by atoms with Gasteiger partial charge in [-0.3, -0.25) is 0 Å². The Hall–Kier alpha value is -0.340. The van der Waals surface area contributed by atoms with Gasteiger partial charge in [-0.2, -0.15) is 0 Å². The van der Waals surface area contributed by atoms with Crippen LogP contribution in [-0.4, -0.2) is 26.4 Å². The zero-order valence-corrected chi connectivity index (χ0v) is 10.5. The molecule has 0 heterocycles. The summed E-state index contributed by atoms with van der Waals surface area (Å²) in [6.45, 7) is 8.09. The molecule has 0 N–H and O–H groups in total. The maximum absolute atomic E-state index is 5.94. The second-order valence-electron chi connectivity index (χ2n) is 5.28. The van der Waals surface area contributed by atoms with E-state index in [4.69, 9.17) is 9.47 Å². The number of ether oxygens (including phenoxy) is 2. The van der Waals surface area contributed by atoms with Crippen LogP contribution in [0.25, 0.3) is 0 Å². The summed E-state index contributed by atoms with van der Waals surface area (Å²) >= 11 is 0. The SMILES string of the molecule is COCCO[C@@H](C1=CCCC1)C(C)(C)C. The molecule has 0 bridgehead atoms. The van der Waals surface area contributed by atoms with Crippen LogP contribution in [0, 0.1) is 5.41 Å². The van der Waals surface area contributed by atoms with E-state index in [0.717, 1.165) is 0 Å². The monoisotopic (exact) mass is 212 g/mol. The third-order valence-electron chi connectivity index (χ3n) is 2.77. The molecule has 1 aliphatic carbocycles. The van der Waals surface area contributed by atoms with Gasteiger partial charge in [-0.05, 0) is 30.3 Å². The molecule has 0 saturated heterocycles. The van der Waals surface area contributed by atoms with E-state index >= 15 is 0 Å². The molecular formula is C13H24O2. The Morgan fingerprint density at radius 1 is 1.33 bits per heavy atom. The second-order valence-corrected chi connectivity index (χ2v) is 5.28. The summed E-state index contributed by atoms with van der Waals surface area (Å²) in [6.07, 6.45) is 6.32. The van der Waals surface area contributed by atoms with Gasteiger partial charge < -0.3 is 9.47 Å². The second kappa shape index (κ2) is 5.66. The zero-order valence-electron chi connectivity index (χ0n) is 10.5. The predicted octanol–water partition coefficient (Wildman–Crippen LogP) is 3.17. The average Bonchev–Trinajstić information content (AvgIpc) is 2.63. The van der Waals surface area contributed by atoms with Crippen molar-refractivity contribution in [1.82, 2.24) is 0 Å². The topological polar surface area (TPSA) is 18.5 Å². The van der Waals surface area contributed by atoms with E-state index < -0.39 is 0 Å². The lowest BCUT2D eigenvalue weighted by atomic mass is 9.84. The fourth-order valence-corrected chi connectivity index (χ4v) is 2.10. The van der Waals surface area contributed by atoms with Crippen molar-refractivity contribution in [2.75, 3.05) is 20.3 Å². The summed E-state index contributed by atoms with van der Waals surface area (Å²) in [4.78, 5) is 0.